The first-order chi connectivity index (χ1) is 8.65. The van der Waals surface area contributed by atoms with Crippen LogP contribution in [0.25, 0.3) is 0 Å². The van der Waals surface area contributed by atoms with Gasteiger partial charge in [0, 0.05) is 6.54 Å². The summed E-state index contributed by atoms with van der Waals surface area (Å²) >= 11 is 0. The van der Waals surface area contributed by atoms with E-state index in [9.17, 15) is 13.6 Å². The standard InChI is InChI=1S/C13H16F2N2O/c1-2-7-16-10-6-8-17(13(10)18)11-5-3-4-9(14)12(11)15/h3-5,10,16H,2,6-8H2,1H3. The zero-order chi connectivity index (χ0) is 13.1. The van der Waals surface area contributed by atoms with Gasteiger partial charge in [-0.25, -0.2) is 8.78 Å². The molecule has 2 rings (SSSR count). The van der Waals surface area contributed by atoms with Gasteiger partial charge in [-0.3, -0.25) is 4.79 Å². The summed E-state index contributed by atoms with van der Waals surface area (Å²) in [6.45, 7) is 3.17. The molecule has 0 spiro atoms. The summed E-state index contributed by atoms with van der Waals surface area (Å²) in [4.78, 5) is 13.4. The van der Waals surface area contributed by atoms with Crippen molar-refractivity contribution in [2.45, 2.75) is 25.8 Å². The Balaban J connectivity index is 2.16. The molecule has 5 heteroatoms. The molecule has 1 atom stereocenters. The minimum atomic E-state index is -0.956. The van der Waals surface area contributed by atoms with Crippen molar-refractivity contribution in [3.63, 3.8) is 0 Å². The van der Waals surface area contributed by atoms with Crippen LogP contribution < -0.4 is 10.2 Å². The Labute approximate surface area is 105 Å². The number of benzene rings is 1. The Morgan fingerprint density at radius 3 is 2.94 bits per heavy atom. The van der Waals surface area contributed by atoms with Crippen LogP contribution in [0.5, 0.6) is 0 Å². The highest BCUT2D eigenvalue weighted by molar-refractivity contribution is 5.99. The number of anilines is 1. The lowest BCUT2D eigenvalue weighted by Crippen LogP contribution is -2.38. The molecule has 1 N–H and O–H groups in total. The van der Waals surface area contributed by atoms with Gasteiger partial charge in [0.05, 0.1) is 11.7 Å². The topological polar surface area (TPSA) is 32.3 Å². The molecule has 1 unspecified atom stereocenters. The van der Waals surface area contributed by atoms with Crippen LogP contribution in [0.15, 0.2) is 18.2 Å². The molecule has 0 bridgehead atoms. The lowest BCUT2D eigenvalue weighted by molar-refractivity contribution is -0.118. The second-order valence-electron chi connectivity index (χ2n) is 4.36. The molecule has 18 heavy (non-hydrogen) atoms. The number of rotatable bonds is 4. The molecule has 1 aromatic carbocycles. The molecule has 0 aromatic heterocycles. The normalized spacial score (nSPS) is 19.6. The predicted octanol–water partition coefficient (Wildman–Crippen LogP) is 2.07. The van der Waals surface area contributed by atoms with Gasteiger partial charge in [0.1, 0.15) is 0 Å². The van der Waals surface area contributed by atoms with E-state index in [0.29, 0.717) is 13.0 Å². The second kappa shape index (κ2) is 5.44. The SMILES string of the molecule is CCCNC1CCN(c2cccc(F)c2F)C1=O. The molecule has 0 aliphatic carbocycles. The Morgan fingerprint density at radius 1 is 1.44 bits per heavy atom. The van der Waals surface area contributed by atoms with Crippen molar-refractivity contribution < 1.29 is 13.6 Å². The van der Waals surface area contributed by atoms with Gasteiger partial charge in [-0.1, -0.05) is 13.0 Å². The maximum absolute atomic E-state index is 13.6. The summed E-state index contributed by atoms with van der Waals surface area (Å²) in [5.74, 6) is -2.07. The van der Waals surface area contributed by atoms with E-state index >= 15 is 0 Å². The van der Waals surface area contributed by atoms with E-state index in [1.54, 1.807) is 0 Å². The maximum Gasteiger partial charge on any atom is 0.244 e. The molecule has 1 heterocycles. The number of hydrogen-bond donors (Lipinski definition) is 1. The van der Waals surface area contributed by atoms with Crippen LogP contribution in [-0.2, 0) is 4.79 Å². The van der Waals surface area contributed by atoms with Crippen molar-refractivity contribution in [2.75, 3.05) is 18.0 Å². The molecule has 1 saturated heterocycles. The number of carbonyl (C=O) groups excluding carboxylic acids is 1. The zero-order valence-corrected chi connectivity index (χ0v) is 10.2. The molecular weight excluding hydrogens is 238 g/mol. The summed E-state index contributed by atoms with van der Waals surface area (Å²) < 4.78 is 26.7. The smallest absolute Gasteiger partial charge is 0.244 e. The van der Waals surface area contributed by atoms with E-state index in [4.69, 9.17) is 0 Å². The van der Waals surface area contributed by atoms with Gasteiger partial charge in [-0.15, -0.1) is 0 Å². The molecule has 1 fully saturated rings. The summed E-state index contributed by atoms with van der Waals surface area (Å²) in [6.07, 6.45) is 1.55. The summed E-state index contributed by atoms with van der Waals surface area (Å²) in [5, 5.41) is 3.11. The average Bonchev–Trinajstić information content (AvgIpc) is 2.72. The Morgan fingerprint density at radius 2 is 2.22 bits per heavy atom. The third kappa shape index (κ3) is 2.36. The van der Waals surface area contributed by atoms with Crippen molar-refractivity contribution in [1.29, 1.82) is 0 Å². The molecule has 98 valence electrons. The molecule has 3 nitrogen and oxygen atoms in total. The van der Waals surface area contributed by atoms with Crippen LogP contribution in [0.3, 0.4) is 0 Å². The minimum Gasteiger partial charge on any atom is -0.308 e. The summed E-state index contributed by atoms with van der Waals surface area (Å²) in [6, 6.07) is 3.60. The molecule has 1 aliphatic rings. The van der Waals surface area contributed by atoms with Crippen LogP contribution in [0.1, 0.15) is 19.8 Å². The number of hydrogen-bond acceptors (Lipinski definition) is 2. The lowest BCUT2D eigenvalue weighted by atomic mass is 10.2. The van der Waals surface area contributed by atoms with E-state index < -0.39 is 11.6 Å². The van der Waals surface area contributed by atoms with Crippen molar-refractivity contribution >= 4 is 11.6 Å². The molecule has 0 radical (unpaired) electrons. The molecular formula is C13H16F2N2O. The van der Waals surface area contributed by atoms with Crippen LogP contribution in [0.2, 0.25) is 0 Å². The van der Waals surface area contributed by atoms with Crippen molar-refractivity contribution in [3.8, 4) is 0 Å². The van der Waals surface area contributed by atoms with E-state index in [-0.39, 0.29) is 17.6 Å². The van der Waals surface area contributed by atoms with Crippen LogP contribution >= 0.6 is 0 Å². The molecule has 1 aliphatic heterocycles. The van der Waals surface area contributed by atoms with Crippen LogP contribution in [0.4, 0.5) is 14.5 Å². The Kier molecular flexibility index (Phi) is 3.91. The molecule has 1 amide bonds. The van der Waals surface area contributed by atoms with Gasteiger partial charge < -0.3 is 10.2 Å². The number of nitrogens with one attached hydrogen (secondary N) is 1. The fourth-order valence-corrected chi connectivity index (χ4v) is 2.13. The summed E-state index contributed by atoms with van der Waals surface area (Å²) in [7, 11) is 0. The van der Waals surface area contributed by atoms with Crippen LogP contribution in [0, 0.1) is 11.6 Å². The Hall–Kier alpha value is -1.49. The number of amides is 1. The van der Waals surface area contributed by atoms with Gasteiger partial charge in [0.25, 0.3) is 0 Å². The van der Waals surface area contributed by atoms with Crippen molar-refractivity contribution in [2.24, 2.45) is 0 Å². The van der Waals surface area contributed by atoms with Gasteiger partial charge in [-0.05, 0) is 31.5 Å². The van der Waals surface area contributed by atoms with Crippen molar-refractivity contribution in [3.05, 3.63) is 29.8 Å². The van der Waals surface area contributed by atoms with Gasteiger partial charge >= 0.3 is 0 Å². The highest BCUT2D eigenvalue weighted by atomic mass is 19.2. The minimum absolute atomic E-state index is 0.0285. The lowest BCUT2D eigenvalue weighted by Gasteiger charge is -2.18. The largest absolute Gasteiger partial charge is 0.308 e. The predicted molar refractivity (Wildman–Crippen MR) is 65.4 cm³/mol. The van der Waals surface area contributed by atoms with E-state index in [2.05, 4.69) is 5.32 Å². The highest BCUT2D eigenvalue weighted by Crippen LogP contribution is 2.26. The van der Waals surface area contributed by atoms with Gasteiger partial charge in [0.15, 0.2) is 11.6 Å². The van der Waals surface area contributed by atoms with Crippen LogP contribution in [-0.4, -0.2) is 25.0 Å². The van der Waals surface area contributed by atoms with E-state index in [1.165, 1.54) is 17.0 Å². The zero-order valence-electron chi connectivity index (χ0n) is 10.2. The molecule has 0 saturated carbocycles. The first-order valence-electron chi connectivity index (χ1n) is 6.14. The average molecular weight is 254 g/mol. The third-order valence-corrected chi connectivity index (χ3v) is 3.07. The monoisotopic (exact) mass is 254 g/mol. The summed E-state index contributed by atoms with van der Waals surface area (Å²) in [5.41, 5.74) is 0.0285. The maximum atomic E-state index is 13.6. The third-order valence-electron chi connectivity index (χ3n) is 3.07. The highest BCUT2D eigenvalue weighted by Gasteiger charge is 2.33. The second-order valence-corrected chi connectivity index (χ2v) is 4.36. The fraction of sp³-hybridized carbons (Fsp3) is 0.462. The van der Waals surface area contributed by atoms with Crippen molar-refractivity contribution in [1.82, 2.24) is 5.32 Å². The first-order valence-corrected chi connectivity index (χ1v) is 6.14. The van der Waals surface area contributed by atoms with E-state index in [1.807, 2.05) is 6.92 Å². The first kappa shape index (κ1) is 13.0. The Bertz CT molecular complexity index is 451. The fourth-order valence-electron chi connectivity index (χ4n) is 2.13. The number of carbonyl (C=O) groups is 1. The van der Waals surface area contributed by atoms with E-state index in [0.717, 1.165) is 19.0 Å². The quantitative estimate of drug-likeness (QED) is 0.892. The number of halogens is 2. The van der Waals surface area contributed by atoms with Gasteiger partial charge in [-0.2, -0.15) is 0 Å². The van der Waals surface area contributed by atoms with Gasteiger partial charge in [0.2, 0.25) is 5.91 Å². The molecule has 1 aromatic rings. The number of nitrogens with zero attached hydrogens (tertiary/aromatic N) is 1.